The second kappa shape index (κ2) is 5.02. The Bertz CT molecular complexity index is 792. The zero-order valence-electron chi connectivity index (χ0n) is 12.2. The van der Waals surface area contributed by atoms with Crippen LogP contribution in [0.15, 0.2) is 54.1 Å². The highest BCUT2D eigenvalue weighted by Crippen LogP contribution is 2.42. The molecule has 0 aromatic heterocycles. The average Bonchev–Trinajstić information content (AvgIpc) is 2.54. The van der Waals surface area contributed by atoms with Gasteiger partial charge in [-0.15, -0.1) is 0 Å². The number of aryl methyl sites for hydroxylation is 1. The van der Waals surface area contributed by atoms with E-state index in [1.54, 1.807) is 0 Å². The van der Waals surface area contributed by atoms with Crippen molar-refractivity contribution in [2.24, 2.45) is 0 Å². The van der Waals surface area contributed by atoms with Crippen molar-refractivity contribution < 1.29 is 9.90 Å². The summed E-state index contributed by atoms with van der Waals surface area (Å²) in [5.74, 6) is -0.799. The van der Waals surface area contributed by atoms with E-state index in [0.717, 1.165) is 30.6 Å². The van der Waals surface area contributed by atoms with E-state index >= 15 is 0 Å². The van der Waals surface area contributed by atoms with Gasteiger partial charge in [0, 0.05) is 16.9 Å². The zero-order chi connectivity index (χ0) is 15.1. The summed E-state index contributed by atoms with van der Waals surface area (Å²) in [6, 6.07) is 16.5. The lowest BCUT2D eigenvalue weighted by Crippen LogP contribution is -2.34. The third-order valence-electron chi connectivity index (χ3n) is 4.55. The molecule has 4 rings (SSSR count). The number of fused-ring (bicyclic) bond motifs is 3. The van der Waals surface area contributed by atoms with E-state index in [4.69, 9.17) is 0 Å². The maximum atomic E-state index is 11.4. The van der Waals surface area contributed by atoms with Gasteiger partial charge in [0.25, 0.3) is 0 Å². The lowest BCUT2D eigenvalue weighted by Gasteiger charge is -2.38. The first kappa shape index (κ1) is 13.1. The summed E-state index contributed by atoms with van der Waals surface area (Å²) >= 11 is 0. The molecule has 1 aliphatic heterocycles. The van der Waals surface area contributed by atoms with Crippen molar-refractivity contribution in [3.05, 3.63) is 70.8 Å². The van der Waals surface area contributed by atoms with Crippen LogP contribution < -0.4 is 4.90 Å². The van der Waals surface area contributed by atoms with E-state index in [1.807, 2.05) is 29.2 Å². The lowest BCUT2D eigenvalue weighted by molar-refractivity contribution is -0.135. The zero-order valence-corrected chi connectivity index (χ0v) is 12.2. The van der Waals surface area contributed by atoms with Gasteiger partial charge in [-0.05, 0) is 42.0 Å². The van der Waals surface area contributed by atoms with Gasteiger partial charge in [-0.3, -0.25) is 4.79 Å². The van der Waals surface area contributed by atoms with Gasteiger partial charge in [0.2, 0.25) is 0 Å². The molecule has 2 aromatic rings. The molecule has 2 aromatic carbocycles. The smallest absolute Gasteiger partial charge is 0.323 e. The molecule has 110 valence electrons. The van der Waals surface area contributed by atoms with Gasteiger partial charge in [0.15, 0.2) is 0 Å². The maximum Gasteiger partial charge on any atom is 0.323 e. The highest BCUT2D eigenvalue weighted by atomic mass is 16.4. The fourth-order valence-electron chi connectivity index (χ4n) is 3.65. The Labute approximate surface area is 129 Å². The molecule has 0 amide bonds. The van der Waals surface area contributed by atoms with E-state index in [1.165, 1.54) is 22.3 Å². The molecular formula is C19H17NO2. The molecule has 22 heavy (non-hydrogen) atoms. The molecule has 1 heterocycles. The number of carbonyl (C=O) groups is 1. The molecule has 0 saturated carbocycles. The average molecular weight is 291 g/mol. The Hall–Kier alpha value is -2.55. The first-order valence-electron chi connectivity index (χ1n) is 7.61. The molecule has 1 aliphatic carbocycles. The molecule has 3 nitrogen and oxygen atoms in total. The Morgan fingerprint density at radius 3 is 2.55 bits per heavy atom. The van der Waals surface area contributed by atoms with Crippen molar-refractivity contribution in [3.63, 3.8) is 0 Å². The van der Waals surface area contributed by atoms with Crippen molar-refractivity contribution in [1.82, 2.24) is 0 Å². The Balaban J connectivity index is 1.91. The van der Waals surface area contributed by atoms with Crippen LogP contribution in [0.4, 0.5) is 5.69 Å². The Kier molecular flexibility index (Phi) is 3.00. The predicted molar refractivity (Wildman–Crippen MR) is 86.8 cm³/mol. The Morgan fingerprint density at radius 2 is 1.73 bits per heavy atom. The van der Waals surface area contributed by atoms with Crippen LogP contribution in [0.25, 0.3) is 5.70 Å². The highest BCUT2D eigenvalue weighted by molar-refractivity contribution is 5.92. The number of hydrogen-bond donors (Lipinski definition) is 1. The summed E-state index contributed by atoms with van der Waals surface area (Å²) < 4.78 is 0. The van der Waals surface area contributed by atoms with E-state index in [9.17, 15) is 9.90 Å². The van der Waals surface area contributed by atoms with Crippen molar-refractivity contribution >= 4 is 17.4 Å². The quantitative estimate of drug-likeness (QED) is 0.920. The van der Waals surface area contributed by atoms with Crippen molar-refractivity contribution in [2.75, 3.05) is 11.4 Å². The summed E-state index contributed by atoms with van der Waals surface area (Å²) in [5, 5.41) is 9.37. The van der Waals surface area contributed by atoms with Crippen LogP contribution in [0.3, 0.4) is 0 Å². The topological polar surface area (TPSA) is 40.5 Å². The van der Waals surface area contributed by atoms with Crippen molar-refractivity contribution in [1.29, 1.82) is 0 Å². The number of benzene rings is 2. The molecule has 0 fully saturated rings. The van der Waals surface area contributed by atoms with Gasteiger partial charge in [-0.2, -0.15) is 0 Å². The normalized spacial score (nSPS) is 15.9. The number of hydrogen-bond acceptors (Lipinski definition) is 2. The molecule has 0 atom stereocenters. The number of anilines is 1. The van der Waals surface area contributed by atoms with Crippen LogP contribution >= 0.6 is 0 Å². The molecule has 2 aliphatic rings. The van der Waals surface area contributed by atoms with Crippen LogP contribution in [-0.2, 0) is 17.6 Å². The second-order valence-corrected chi connectivity index (χ2v) is 5.89. The first-order valence-corrected chi connectivity index (χ1v) is 7.61. The Morgan fingerprint density at radius 1 is 1.00 bits per heavy atom. The predicted octanol–water partition coefficient (Wildman–Crippen LogP) is 3.49. The summed E-state index contributed by atoms with van der Waals surface area (Å²) in [5.41, 5.74) is 7.24. The molecule has 0 spiro atoms. The summed E-state index contributed by atoms with van der Waals surface area (Å²) in [4.78, 5) is 13.4. The maximum absolute atomic E-state index is 11.4. The minimum Gasteiger partial charge on any atom is -0.480 e. The lowest BCUT2D eigenvalue weighted by atomic mass is 9.83. The fourth-order valence-corrected chi connectivity index (χ4v) is 3.65. The standard InChI is InChI=1S/C19H17NO2/c21-18(22)12-20-17-8-4-2-6-14(17)11-15-10-9-13-5-1-3-7-16(13)19(15)20/h1-8H,9-12H2,(H,21,22). The molecule has 0 saturated heterocycles. The van der Waals surface area contributed by atoms with Crippen molar-refractivity contribution in [2.45, 2.75) is 19.3 Å². The number of carboxylic acid groups (broad SMARTS) is 1. The van der Waals surface area contributed by atoms with Crippen molar-refractivity contribution in [3.8, 4) is 0 Å². The number of carboxylic acids is 1. The number of nitrogens with zero attached hydrogens (tertiary/aromatic N) is 1. The second-order valence-electron chi connectivity index (χ2n) is 5.89. The van der Waals surface area contributed by atoms with Gasteiger partial charge >= 0.3 is 5.97 Å². The first-order chi connectivity index (χ1) is 10.7. The summed E-state index contributed by atoms with van der Waals surface area (Å²) in [6.45, 7) is 0.00415. The van der Waals surface area contributed by atoms with Crippen LogP contribution in [0.5, 0.6) is 0 Å². The minimum atomic E-state index is -0.799. The number of aliphatic carboxylic acids is 1. The van der Waals surface area contributed by atoms with E-state index < -0.39 is 5.97 Å². The van der Waals surface area contributed by atoms with Gasteiger partial charge in [0.05, 0.1) is 0 Å². The number of allylic oxidation sites excluding steroid dienone is 1. The number of para-hydroxylation sites is 1. The van der Waals surface area contributed by atoms with Crippen LogP contribution in [-0.4, -0.2) is 17.6 Å². The molecule has 0 radical (unpaired) electrons. The third kappa shape index (κ3) is 2.01. The van der Waals surface area contributed by atoms with Crippen LogP contribution in [0, 0.1) is 0 Å². The molecular weight excluding hydrogens is 274 g/mol. The summed E-state index contributed by atoms with van der Waals surface area (Å²) in [6.07, 6.45) is 2.98. The van der Waals surface area contributed by atoms with E-state index in [-0.39, 0.29) is 6.54 Å². The molecule has 0 bridgehead atoms. The fraction of sp³-hybridized carbons (Fsp3) is 0.211. The third-order valence-corrected chi connectivity index (χ3v) is 4.55. The van der Waals surface area contributed by atoms with Gasteiger partial charge < -0.3 is 10.0 Å². The largest absolute Gasteiger partial charge is 0.480 e. The van der Waals surface area contributed by atoms with Gasteiger partial charge in [-0.25, -0.2) is 0 Å². The molecule has 1 N–H and O–H groups in total. The minimum absolute atomic E-state index is 0.00415. The van der Waals surface area contributed by atoms with E-state index in [0.29, 0.717) is 0 Å². The SMILES string of the molecule is O=C(O)CN1C2=C(CCc3ccccc32)Cc2ccccc21. The van der Waals surface area contributed by atoms with Crippen LogP contribution in [0.2, 0.25) is 0 Å². The molecule has 3 heteroatoms. The number of rotatable bonds is 2. The van der Waals surface area contributed by atoms with Gasteiger partial charge in [0.1, 0.15) is 6.54 Å². The monoisotopic (exact) mass is 291 g/mol. The summed E-state index contributed by atoms with van der Waals surface area (Å²) in [7, 11) is 0. The van der Waals surface area contributed by atoms with E-state index in [2.05, 4.69) is 24.3 Å². The highest BCUT2D eigenvalue weighted by Gasteiger charge is 2.30. The van der Waals surface area contributed by atoms with Gasteiger partial charge in [-0.1, -0.05) is 42.5 Å². The molecule has 0 unspecified atom stereocenters. The van der Waals surface area contributed by atoms with Crippen LogP contribution in [0.1, 0.15) is 23.1 Å².